The Balaban J connectivity index is 1.35. The summed E-state index contributed by atoms with van der Waals surface area (Å²) in [6, 6.07) is 17.6. The maximum Gasteiger partial charge on any atom is 0.238 e. The monoisotopic (exact) mass is 473 g/mol. The first-order chi connectivity index (χ1) is 17.2. The maximum atomic E-state index is 14.0. The molecule has 7 heteroatoms. The molecule has 0 radical (unpaired) electrons. The largest absolute Gasteiger partial charge is 0.493 e. The molecule has 0 spiro atoms. The second-order valence-corrected chi connectivity index (χ2v) is 9.19. The molecule has 1 amide bonds. The van der Waals surface area contributed by atoms with Gasteiger partial charge in [-0.3, -0.25) is 9.78 Å². The van der Waals surface area contributed by atoms with Gasteiger partial charge in [0, 0.05) is 38.4 Å². The molecule has 0 bridgehead atoms. The highest BCUT2D eigenvalue weighted by Gasteiger charge is 2.45. The van der Waals surface area contributed by atoms with Crippen molar-refractivity contribution in [3.8, 4) is 17.4 Å². The van der Waals surface area contributed by atoms with Gasteiger partial charge in [0.2, 0.25) is 11.8 Å². The summed E-state index contributed by atoms with van der Waals surface area (Å²) in [6.45, 7) is 2.59. The van der Waals surface area contributed by atoms with E-state index in [-0.39, 0.29) is 11.8 Å². The fourth-order valence-electron chi connectivity index (χ4n) is 5.23. The Morgan fingerprint density at radius 2 is 1.77 bits per heavy atom. The molecule has 1 unspecified atom stereocenters. The van der Waals surface area contributed by atoms with Crippen LogP contribution < -0.4 is 9.47 Å². The summed E-state index contributed by atoms with van der Waals surface area (Å²) in [5.41, 5.74) is 1.40. The minimum Gasteiger partial charge on any atom is -0.493 e. The van der Waals surface area contributed by atoms with Gasteiger partial charge in [-0.1, -0.05) is 42.5 Å². The molecule has 1 aromatic heterocycles. The van der Waals surface area contributed by atoms with Crippen LogP contribution in [0.5, 0.6) is 17.4 Å². The van der Waals surface area contributed by atoms with E-state index >= 15 is 0 Å². The van der Waals surface area contributed by atoms with Crippen LogP contribution in [-0.2, 0) is 14.9 Å². The number of carbonyl (C=O) groups is 1. The van der Waals surface area contributed by atoms with E-state index in [1.54, 1.807) is 19.5 Å². The normalized spacial score (nSPS) is 19.7. The lowest BCUT2D eigenvalue weighted by molar-refractivity contribution is -0.142. The first-order valence-corrected chi connectivity index (χ1v) is 12.2. The van der Waals surface area contributed by atoms with Gasteiger partial charge in [0.05, 0.1) is 24.4 Å². The Labute approximate surface area is 206 Å². The summed E-state index contributed by atoms with van der Waals surface area (Å²) in [6.07, 6.45) is 6.69. The minimum atomic E-state index is -0.526. The third-order valence-electron chi connectivity index (χ3n) is 7.12. The van der Waals surface area contributed by atoms with E-state index in [1.165, 1.54) is 0 Å². The van der Waals surface area contributed by atoms with Crippen LogP contribution in [0.3, 0.4) is 0 Å². The SMILES string of the molecule is COc1ccccc1Oc1cncc(C2CCCN(C(=O)C3(c4ccccc4)CCOCC3)C2)n1. The summed E-state index contributed by atoms with van der Waals surface area (Å²) >= 11 is 0. The number of para-hydroxylation sites is 2. The minimum absolute atomic E-state index is 0.106. The fourth-order valence-corrected chi connectivity index (χ4v) is 5.23. The van der Waals surface area contributed by atoms with Gasteiger partial charge in [0.1, 0.15) is 0 Å². The van der Waals surface area contributed by atoms with Crippen LogP contribution in [0.25, 0.3) is 0 Å². The predicted molar refractivity (Wildman–Crippen MR) is 132 cm³/mol. The van der Waals surface area contributed by atoms with Gasteiger partial charge >= 0.3 is 0 Å². The predicted octanol–water partition coefficient (Wildman–Crippen LogP) is 4.73. The van der Waals surface area contributed by atoms with Crippen molar-refractivity contribution in [1.29, 1.82) is 0 Å². The Hall–Kier alpha value is -3.45. The lowest BCUT2D eigenvalue weighted by atomic mass is 9.72. The third-order valence-corrected chi connectivity index (χ3v) is 7.12. The van der Waals surface area contributed by atoms with E-state index < -0.39 is 5.41 Å². The highest BCUT2D eigenvalue weighted by atomic mass is 16.5. The highest BCUT2D eigenvalue weighted by molar-refractivity contribution is 5.88. The number of methoxy groups -OCH3 is 1. The molecule has 2 fully saturated rings. The fraction of sp³-hybridized carbons (Fsp3) is 0.393. The maximum absolute atomic E-state index is 14.0. The molecule has 7 nitrogen and oxygen atoms in total. The van der Waals surface area contributed by atoms with Crippen LogP contribution >= 0.6 is 0 Å². The number of aromatic nitrogens is 2. The molecule has 0 aliphatic carbocycles. The average Bonchev–Trinajstić information content (AvgIpc) is 2.94. The Kier molecular flexibility index (Phi) is 6.95. The van der Waals surface area contributed by atoms with Crippen LogP contribution in [0.2, 0.25) is 0 Å². The summed E-state index contributed by atoms with van der Waals surface area (Å²) in [5, 5.41) is 0. The number of amides is 1. The first kappa shape index (κ1) is 23.3. The standard InChI is InChI=1S/C28H31N3O4/c1-33-24-11-5-6-12-25(24)35-26-19-29-18-23(30-26)21-8-7-15-31(20-21)27(32)28(13-16-34-17-14-28)22-9-3-2-4-10-22/h2-6,9-12,18-19,21H,7-8,13-17,20H2,1H3. The number of carbonyl (C=O) groups excluding carboxylic acids is 1. The van der Waals surface area contributed by atoms with Crippen LogP contribution in [0.15, 0.2) is 67.0 Å². The third kappa shape index (κ3) is 4.86. The number of piperidine rings is 1. The second-order valence-electron chi connectivity index (χ2n) is 9.19. The van der Waals surface area contributed by atoms with Crippen molar-refractivity contribution < 1.29 is 19.0 Å². The van der Waals surface area contributed by atoms with E-state index in [4.69, 9.17) is 19.2 Å². The number of ether oxygens (including phenoxy) is 3. The van der Waals surface area contributed by atoms with E-state index in [9.17, 15) is 4.79 Å². The van der Waals surface area contributed by atoms with Crippen molar-refractivity contribution >= 4 is 5.91 Å². The first-order valence-electron chi connectivity index (χ1n) is 12.2. The zero-order chi connectivity index (χ0) is 24.1. The molecule has 182 valence electrons. The second kappa shape index (κ2) is 10.4. The van der Waals surface area contributed by atoms with Crippen molar-refractivity contribution in [2.24, 2.45) is 0 Å². The lowest BCUT2D eigenvalue weighted by Gasteiger charge is -2.42. The molecule has 2 aliphatic heterocycles. The summed E-state index contributed by atoms with van der Waals surface area (Å²) in [7, 11) is 1.61. The molecule has 0 N–H and O–H groups in total. The molecule has 2 aliphatic rings. The van der Waals surface area contributed by atoms with Crippen molar-refractivity contribution in [2.75, 3.05) is 33.4 Å². The highest BCUT2D eigenvalue weighted by Crippen LogP contribution is 2.39. The zero-order valence-corrected chi connectivity index (χ0v) is 20.1. The van der Waals surface area contributed by atoms with Crippen LogP contribution in [0.1, 0.15) is 42.9 Å². The summed E-state index contributed by atoms with van der Waals surface area (Å²) in [4.78, 5) is 25.2. The number of nitrogens with zero attached hydrogens (tertiary/aromatic N) is 3. The number of benzene rings is 2. The number of hydrogen-bond donors (Lipinski definition) is 0. The molecular weight excluding hydrogens is 442 g/mol. The topological polar surface area (TPSA) is 73.8 Å². The van der Waals surface area contributed by atoms with Crippen LogP contribution in [0, 0.1) is 0 Å². The zero-order valence-electron chi connectivity index (χ0n) is 20.1. The van der Waals surface area contributed by atoms with Gasteiger partial charge in [-0.15, -0.1) is 0 Å². The van der Waals surface area contributed by atoms with Gasteiger partial charge < -0.3 is 19.1 Å². The smallest absolute Gasteiger partial charge is 0.238 e. The Bertz CT molecular complexity index is 1150. The summed E-state index contributed by atoms with van der Waals surface area (Å²) in [5.74, 6) is 1.95. The molecular formula is C28H31N3O4. The average molecular weight is 474 g/mol. The molecule has 35 heavy (non-hydrogen) atoms. The molecule has 5 rings (SSSR count). The van der Waals surface area contributed by atoms with Crippen LogP contribution in [-0.4, -0.2) is 54.2 Å². The molecule has 0 saturated carbocycles. The Morgan fingerprint density at radius 1 is 1.03 bits per heavy atom. The van der Waals surface area contributed by atoms with Crippen molar-refractivity contribution in [1.82, 2.24) is 14.9 Å². The van der Waals surface area contributed by atoms with E-state index in [0.29, 0.717) is 50.0 Å². The summed E-state index contributed by atoms with van der Waals surface area (Å²) < 4.78 is 17.0. The van der Waals surface area contributed by atoms with Gasteiger partial charge in [0.15, 0.2) is 11.5 Å². The van der Waals surface area contributed by atoms with Crippen molar-refractivity contribution in [3.05, 3.63) is 78.2 Å². The van der Waals surface area contributed by atoms with Gasteiger partial charge in [-0.05, 0) is 43.4 Å². The van der Waals surface area contributed by atoms with E-state index in [1.807, 2.05) is 47.4 Å². The van der Waals surface area contributed by atoms with Crippen molar-refractivity contribution in [3.63, 3.8) is 0 Å². The molecule has 1 atom stereocenters. The molecule has 2 aromatic carbocycles. The van der Waals surface area contributed by atoms with Gasteiger partial charge in [-0.2, -0.15) is 0 Å². The van der Waals surface area contributed by atoms with Gasteiger partial charge in [0.25, 0.3) is 0 Å². The molecule has 3 heterocycles. The van der Waals surface area contributed by atoms with E-state index in [0.717, 1.165) is 30.6 Å². The van der Waals surface area contributed by atoms with Crippen molar-refractivity contribution in [2.45, 2.75) is 37.0 Å². The lowest BCUT2D eigenvalue weighted by Crippen LogP contribution is -2.52. The number of hydrogen-bond acceptors (Lipinski definition) is 6. The van der Waals surface area contributed by atoms with Gasteiger partial charge in [-0.25, -0.2) is 4.98 Å². The van der Waals surface area contributed by atoms with E-state index in [2.05, 4.69) is 17.1 Å². The quantitative estimate of drug-likeness (QED) is 0.515. The number of rotatable bonds is 6. The molecule has 3 aromatic rings. The number of likely N-dealkylation sites (tertiary alicyclic amines) is 1. The van der Waals surface area contributed by atoms with Crippen LogP contribution in [0.4, 0.5) is 0 Å². The Morgan fingerprint density at radius 3 is 2.54 bits per heavy atom. The molecule has 2 saturated heterocycles.